The third-order valence-corrected chi connectivity index (χ3v) is 3.80. The van der Waals surface area contributed by atoms with E-state index in [0.717, 1.165) is 16.6 Å². The maximum absolute atomic E-state index is 12.2. The van der Waals surface area contributed by atoms with E-state index in [1.54, 1.807) is 12.1 Å². The maximum Gasteiger partial charge on any atom is 0.176 e. The van der Waals surface area contributed by atoms with Crippen molar-refractivity contribution in [1.82, 2.24) is 4.90 Å². The second-order valence-corrected chi connectivity index (χ2v) is 6.04. The van der Waals surface area contributed by atoms with Crippen LogP contribution in [0.1, 0.15) is 15.9 Å². The van der Waals surface area contributed by atoms with Gasteiger partial charge in [0.25, 0.3) is 0 Å². The van der Waals surface area contributed by atoms with Crippen molar-refractivity contribution < 1.29 is 4.79 Å². The Morgan fingerprint density at radius 1 is 1.19 bits per heavy atom. The van der Waals surface area contributed by atoms with Crippen LogP contribution in [0.25, 0.3) is 0 Å². The van der Waals surface area contributed by atoms with Gasteiger partial charge >= 0.3 is 0 Å². The Bertz CT molecular complexity index is 660. The molecule has 0 unspecified atom stereocenters. The van der Waals surface area contributed by atoms with E-state index in [1.807, 2.05) is 50.1 Å². The molecule has 2 aromatic carbocycles. The predicted octanol–water partition coefficient (Wildman–Crippen LogP) is 2.57. The first kappa shape index (κ1) is 16.1. The SMILES string of the molecule is Bc1cccc(C(=O)CN(C)Cc2ccc(Cl)cc2Cl)c1. The van der Waals surface area contributed by atoms with E-state index in [4.69, 9.17) is 23.2 Å². The van der Waals surface area contributed by atoms with E-state index < -0.39 is 0 Å². The smallest absolute Gasteiger partial charge is 0.176 e. The number of halogens is 2. The van der Waals surface area contributed by atoms with Crippen LogP contribution in [-0.2, 0) is 6.54 Å². The van der Waals surface area contributed by atoms with Gasteiger partial charge in [0.1, 0.15) is 7.85 Å². The lowest BCUT2D eigenvalue weighted by Crippen LogP contribution is -2.26. The van der Waals surface area contributed by atoms with Gasteiger partial charge in [0.2, 0.25) is 0 Å². The minimum atomic E-state index is 0.103. The summed E-state index contributed by atoms with van der Waals surface area (Å²) in [5.74, 6) is 0.103. The van der Waals surface area contributed by atoms with Crippen molar-refractivity contribution in [1.29, 1.82) is 0 Å². The molecule has 0 saturated carbocycles. The van der Waals surface area contributed by atoms with Gasteiger partial charge in [0.05, 0.1) is 6.54 Å². The second-order valence-electron chi connectivity index (χ2n) is 5.20. The molecule has 2 rings (SSSR count). The molecule has 21 heavy (non-hydrogen) atoms. The first-order valence-corrected chi connectivity index (χ1v) is 7.43. The van der Waals surface area contributed by atoms with E-state index in [1.165, 1.54) is 0 Å². The van der Waals surface area contributed by atoms with Gasteiger partial charge in [0, 0.05) is 22.2 Å². The molecule has 0 saturated heterocycles. The summed E-state index contributed by atoms with van der Waals surface area (Å²) in [6, 6.07) is 13.0. The molecule has 0 aliphatic carbocycles. The lowest BCUT2D eigenvalue weighted by molar-refractivity contribution is 0.0943. The van der Waals surface area contributed by atoms with Gasteiger partial charge < -0.3 is 0 Å². The van der Waals surface area contributed by atoms with Gasteiger partial charge in [-0.1, -0.05) is 59.0 Å². The molecule has 0 heterocycles. The van der Waals surface area contributed by atoms with Crippen molar-refractivity contribution in [2.75, 3.05) is 13.6 Å². The Morgan fingerprint density at radius 2 is 1.95 bits per heavy atom. The van der Waals surface area contributed by atoms with Crippen molar-refractivity contribution in [3.8, 4) is 0 Å². The number of hydrogen-bond acceptors (Lipinski definition) is 2. The normalized spacial score (nSPS) is 10.9. The van der Waals surface area contributed by atoms with E-state index in [0.29, 0.717) is 23.1 Å². The number of rotatable bonds is 5. The van der Waals surface area contributed by atoms with Crippen molar-refractivity contribution in [3.05, 3.63) is 63.6 Å². The van der Waals surface area contributed by atoms with E-state index >= 15 is 0 Å². The molecule has 0 atom stereocenters. The fourth-order valence-corrected chi connectivity index (χ4v) is 2.62. The van der Waals surface area contributed by atoms with Crippen LogP contribution in [-0.4, -0.2) is 32.1 Å². The summed E-state index contributed by atoms with van der Waals surface area (Å²) in [6.45, 7) is 0.954. The number of likely N-dealkylation sites (N-methyl/N-ethyl adjacent to an activating group) is 1. The van der Waals surface area contributed by atoms with Gasteiger partial charge in [-0.3, -0.25) is 9.69 Å². The number of nitrogens with zero attached hydrogens (tertiary/aromatic N) is 1. The lowest BCUT2D eigenvalue weighted by atomic mass is 9.93. The highest BCUT2D eigenvalue weighted by Gasteiger charge is 2.11. The first-order valence-electron chi connectivity index (χ1n) is 6.68. The molecule has 108 valence electrons. The standard InChI is InChI=1S/C16H16BCl2NO/c1-20(9-12-5-6-14(18)8-15(12)19)10-16(21)11-3-2-4-13(17)7-11/h2-8H,9-10,17H2,1H3. The Morgan fingerprint density at radius 3 is 2.62 bits per heavy atom. The first-order chi connectivity index (χ1) is 9.95. The lowest BCUT2D eigenvalue weighted by Gasteiger charge is -2.17. The summed E-state index contributed by atoms with van der Waals surface area (Å²) in [4.78, 5) is 14.2. The average molecular weight is 320 g/mol. The van der Waals surface area contributed by atoms with Crippen LogP contribution in [0.4, 0.5) is 0 Å². The molecule has 5 heteroatoms. The fourth-order valence-electron chi connectivity index (χ4n) is 2.15. The quantitative estimate of drug-likeness (QED) is 0.623. The van der Waals surface area contributed by atoms with Crippen LogP contribution in [0.5, 0.6) is 0 Å². The molecule has 0 fully saturated rings. The highest BCUT2D eigenvalue weighted by Crippen LogP contribution is 2.22. The molecule has 0 radical (unpaired) electrons. The van der Waals surface area contributed by atoms with Crippen LogP contribution < -0.4 is 5.46 Å². The number of Topliss-reactive ketones (excluding diaryl/α,β-unsaturated/α-hetero) is 1. The summed E-state index contributed by atoms with van der Waals surface area (Å²) in [5.41, 5.74) is 2.79. The number of benzene rings is 2. The van der Waals surface area contributed by atoms with Gasteiger partial charge in [0.15, 0.2) is 5.78 Å². The maximum atomic E-state index is 12.2. The third-order valence-electron chi connectivity index (χ3n) is 3.21. The molecule has 0 spiro atoms. The summed E-state index contributed by atoms with van der Waals surface area (Å²) in [6.07, 6.45) is 0. The van der Waals surface area contributed by atoms with E-state index in [9.17, 15) is 4.79 Å². The monoisotopic (exact) mass is 319 g/mol. The van der Waals surface area contributed by atoms with Crippen LogP contribution in [0.2, 0.25) is 10.0 Å². The zero-order valence-corrected chi connectivity index (χ0v) is 13.6. The number of hydrogen-bond donors (Lipinski definition) is 0. The van der Waals surface area contributed by atoms with Crippen LogP contribution in [0, 0.1) is 0 Å². The zero-order chi connectivity index (χ0) is 15.4. The van der Waals surface area contributed by atoms with Crippen molar-refractivity contribution >= 4 is 42.3 Å². The van der Waals surface area contributed by atoms with Crippen molar-refractivity contribution in [3.63, 3.8) is 0 Å². The van der Waals surface area contributed by atoms with Crippen LogP contribution in [0.15, 0.2) is 42.5 Å². The number of carbonyl (C=O) groups is 1. The minimum Gasteiger partial charge on any atom is -0.295 e. The highest BCUT2D eigenvalue weighted by atomic mass is 35.5. The molecule has 0 aliphatic rings. The van der Waals surface area contributed by atoms with Gasteiger partial charge in [-0.15, -0.1) is 0 Å². The van der Waals surface area contributed by atoms with Crippen LogP contribution in [0.3, 0.4) is 0 Å². The number of ketones is 1. The predicted molar refractivity (Wildman–Crippen MR) is 91.7 cm³/mol. The molecular formula is C16H16BCl2NO. The second kappa shape index (κ2) is 7.12. The summed E-state index contributed by atoms with van der Waals surface area (Å²) in [5, 5.41) is 1.24. The van der Waals surface area contributed by atoms with E-state index in [2.05, 4.69) is 0 Å². The minimum absolute atomic E-state index is 0.103. The number of carbonyl (C=O) groups excluding carboxylic acids is 1. The summed E-state index contributed by atoms with van der Waals surface area (Å²) < 4.78 is 0. The van der Waals surface area contributed by atoms with Gasteiger partial charge in [-0.05, 0) is 24.7 Å². The molecule has 2 aromatic rings. The molecule has 0 N–H and O–H groups in total. The molecular weight excluding hydrogens is 304 g/mol. The Labute approximate surface area is 136 Å². The largest absolute Gasteiger partial charge is 0.295 e. The van der Waals surface area contributed by atoms with Crippen molar-refractivity contribution in [2.24, 2.45) is 0 Å². The molecule has 0 aliphatic heterocycles. The highest BCUT2D eigenvalue weighted by molar-refractivity contribution is 6.35. The summed E-state index contributed by atoms with van der Waals surface area (Å²) in [7, 11) is 3.88. The zero-order valence-electron chi connectivity index (χ0n) is 12.1. The van der Waals surface area contributed by atoms with Crippen molar-refractivity contribution in [2.45, 2.75) is 6.54 Å². The Kier molecular flexibility index (Phi) is 5.46. The summed E-state index contributed by atoms with van der Waals surface area (Å²) >= 11 is 12.0. The van der Waals surface area contributed by atoms with Gasteiger partial charge in [-0.2, -0.15) is 0 Å². The topological polar surface area (TPSA) is 20.3 Å². The average Bonchev–Trinajstić information content (AvgIpc) is 2.42. The Balaban J connectivity index is 2.01. The van der Waals surface area contributed by atoms with Crippen LogP contribution >= 0.6 is 23.2 Å². The van der Waals surface area contributed by atoms with Gasteiger partial charge in [-0.25, -0.2) is 0 Å². The molecule has 0 amide bonds. The van der Waals surface area contributed by atoms with E-state index in [-0.39, 0.29) is 5.78 Å². The fraction of sp³-hybridized carbons (Fsp3) is 0.188. The molecule has 0 aromatic heterocycles. The third kappa shape index (κ3) is 4.60. The Hall–Kier alpha value is -1.29. The molecule has 0 bridgehead atoms. The molecule has 2 nitrogen and oxygen atoms in total.